The van der Waals surface area contributed by atoms with Crippen molar-refractivity contribution < 1.29 is 4.74 Å². The average Bonchev–Trinajstić information content (AvgIpc) is 2.74. The van der Waals surface area contributed by atoms with Gasteiger partial charge in [0.2, 0.25) is 0 Å². The van der Waals surface area contributed by atoms with E-state index in [1.54, 1.807) is 0 Å². The van der Waals surface area contributed by atoms with E-state index < -0.39 is 0 Å². The Morgan fingerprint density at radius 2 is 2.19 bits per heavy atom. The van der Waals surface area contributed by atoms with Crippen LogP contribution in [0, 0.1) is 6.92 Å². The van der Waals surface area contributed by atoms with Crippen LogP contribution in [-0.4, -0.2) is 19.3 Å². The van der Waals surface area contributed by atoms with Gasteiger partial charge in [-0.15, -0.1) is 12.4 Å². The number of hydrogen-bond acceptors (Lipinski definition) is 2. The number of hydrogen-bond donors (Lipinski definition) is 1. The standard InChI is InChI=1S/C13H19NO.ClH/c1-11-5-2-3-6-12(11)9-14-10-13-7-4-8-15-13;/h2-3,5-6,13-14H,4,7-10H2,1H3;1H. The molecule has 2 nitrogen and oxygen atoms in total. The van der Waals surface area contributed by atoms with Crippen LogP contribution in [0.2, 0.25) is 0 Å². The monoisotopic (exact) mass is 241 g/mol. The molecule has 0 saturated carbocycles. The first-order chi connectivity index (χ1) is 7.36. The van der Waals surface area contributed by atoms with E-state index in [9.17, 15) is 0 Å². The highest BCUT2D eigenvalue weighted by Crippen LogP contribution is 2.11. The van der Waals surface area contributed by atoms with E-state index in [0.717, 1.165) is 19.7 Å². The summed E-state index contributed by atoms with van der Waals surface area (Å²) in [4.78, 5) is 0. The number of aryl methyl sites for hydroxylation is 1. The maximum atomic E-state index is 5.56. The molecule has 1 unspecified atom stereocenters. The summed E-state index contributed by atoms with van der Waals surface area (Å²) < 4.78 is 5.56. The molecule has 16 heavy (non-hydrogen) atoms. The van der Waals surface area contributed by atoms with Crippen molar-refractivity contribution in [2.75, 3.05) is 13.2 Å². The third-order valence-corrected chi connectivity index (χ3v) is 2.97. The summed E-state index contributed by atoms with van der Waals surface area (Å²) in [5.74, 6) is 0. The average molecular weight is 242 g/mol. The molecule has 0 spiro atoms. The Morgan fingerprint density at radius 1 is 1.38 bits per heavy atom. The normalized spacial score (nSPS) is 19.4. The van der Waals surface area contributed by atoms with Crippen LogP contribution >= 0.6 is 12.4 Å². The van der Waals surface area contributed by atoms with Crippen LogP contribution in [0.25, 0.3) is 0 Å². The number of nitrogens with one attached hydrogen (secondary N) is 1. The van der Waals surface area contributed by atoms with Crippen molar-refractivity contribution in [2.24, 2.45) is 0 Å². The van der Waals surface area contributed by atoms with E-state index in [0.29, 0.717) is 6.10 Å². The van der Waals surface area contributed by atoms with Gasteiger partial charge in [-0.2, -0.15) is 0 Å². The molecule has 0 aromatic heterocycles. The molecule has 1 aromatic carbocycles. The number of benzene rings is 1. The lowest BCUT2D eigenvalue weighted by molar-refractivity contribution is 0.110. The lowest BCUT2D eigenvalue weighted by atomic mass is 10.1. The molecule has 0 radical (unpaired) electrons. The fraction of sp³-hybridized carbons (Fsp3) is 0.538. The van der Waals surface area contributed by atoms with Gasteiger partial charge < -0.3 is 10.1 Å². The minimum absolute atomic E-state index is 0. The maximum Gasteiger partial charge on any atom is 0.0700 e. The van der Waals surface area contributed by atoms with Gasteiger partial charge in [0.05, 0.1) is 6.10 Å². The van der Waals surface area contributed by atoms with E-state index in [4.69, 9.17) is 4.74 Å². The second-order valence-electron chi connectivity index (χ2n) is 4.19. The largest absolute Gasteiger partial charge is 0.377 e. The molecule has 1 aliphatic rings. The van der Waals surface area contributed by atoms with E-state index >= 15 is 0 Å². The Hall–Kier alpha value is -0.570. The molecule has 1 fully saturated rings. The summed E-state index contributed by atoms with van der Waals surface area (Å²) >= 11 is 0. The highest BCUT2D eigenvalue weighted by Gasteiger charge is 2.14. The number of halogens is 1. The number of rotatable bonds is 4. The van der Waals surface area contributed by atoms with Gasteiger partial charge in [0.25, 0.3) is 0 Å². The Balaban J connectivity index is 0.00000128. The lowest BCUT2D eigenvalue weighted by Gasteiger charge is -2.11. The highest BCUT2D eigenvalue weighted by molar-refractivity contribution is 5.85. The molecule has 1 heterocycles. The van der Waals surface area contributed by atoms with E-state index in [-0.39, 0.29) is 12.4 Å². The van der Waals surface area contributed by atoms with Gasteiger partial charge >= 0.3 is 0 Å². The van der Waals surface area contributed by atoms with Gasteiger partial charge in [-0.05, 0) is 30.9 Å². The first-order valence-electron chi connectivity index (χ1n) is 5.73. The first-order valence-corrected chi connectivity index (χ1v) is 5.73. The fourth-order valence-electron chi connectivity index (χ4n) is 1.98. The Bertz CT molecular complexity index is 311. The van der Waals surface area contributed by atoms with Crippen LogP contribution in [0.5, 0.6) is 0 Å². The second-order valence-corrected chi connectivity index (χ2v) is 4.19. The molecule has 0 bridgehead atoms. The minimum Gasteiger partial charge on any atom is -0.377 e. The Labute approximate surface area is 104 Å². The molecule has 1 N–H and O–H groups in total. The van der Waals surface area contributed by atoms with Crippen LogP contribution in [-0.2, 0) is 11.3 Å². The molecule has 1 saturated heterocycles. The summed E-state index contributed by atoms with van der Waals surface area (Å²) in [5.41, 5.74) is 2.74. The van der Waals surface area contributed by atoms with Crippen molar-refractivity contribution in [3.8, 4) is 0 Å². The van der Waals surface area contributed by atoms with Crippen LogP contribution in [0.1, 0.15) is 24.0 Å². The van der Waals surface area contributed by atoms with Crippen molar-refractivity contribution in [1.82, 2.24) is 5.32 Å². The van der Waals surface area contributed by atoms with Gasteiger partial charge in [0.1, 0.15) is 0 Å². The van der Waals surface area contributed by atoms with Gasteiger partial charge in [0, 0.05) is 19.7 Å². The van der Waals surface area contributed by atoms with Crippen molar-refractivity contribution in [3.63, 3.8) is 0 Å². The molecule has 0 aliphatic carbocycles. The maximum absolute atomic E-state index is 5.56. The number of ether oxygens (including phenoxy) is 1. The summed E-state index contributed by atoms with van der Waals surface area (Å²) in [7, 11) is 0. The second kappa shape index (κ2) is 6.89. The predicted octanol–water partition coefficient (Wildman–Crippen LogP) is 2.69. The molecular weight excluding hydrogens is 222 g/mol. The molecule has 2 rings (SSSR count). The Morgan fingerprint density at radius 3 is 2.88 bits per heavy atom. The third kappa shape index (κ3) is 3.78. The smallest absolute Gasteiger partial charge is 0.0700 e. The molecular formula is C13H20ClNO. The summed E-state index contributed by atoms with van der Waals surface area (Å²) in [6.07, 6.45) is 2.87. The minimum atomic E-state index is 0. The summed E-state index contributed by atoms with van der Waals surface area (Å²) in [6.45, 7) is 5.03. The van der Waals surface area contributed by atoms with Crippen LogP contribution < -0.4 is 5.32 Å². The Kier molecular flexibility index (Phi) is 5.81. The third-order valence-electron chi connectivity index (χ3n) is 2.97. The van der Waals surface area contributed by atoms with E-state index in [2.05, 4.69) is 36.5 Å². The molecule has 90 valence electrons. The predicted molar refractivity (Wildman–Crippen MR) is 69.1 cm³/mol. The topological polar surface area (TPSA) is 21.3 Å². The molecule has 1 atom stereocenters. The van der Waals surface area contributed by atoms with Crippen LogP contribution in [0.3, 0.4) is 0 Å². The zero-order chi connectivity index (χ0) is 10.5. The zero-order valence-electron chi connectivity index (χ0n) is 9.74. The quantitative estimate of drug-likeness (QED) is 0.875. The molecule has 0 amide bonds. The van der Waals surface area contributed by atoms with Crippen molar-refractivity contribution in [3.05, 3.63) is 35.4 Å². The van der Waals surface area contributed by atoms with Gasteiger partial charge in [0.15, 0.2) is 0 Å². The van der Waals surface area contributed by atoms with Crippen LogP contribution in [0.15, 0.2) is 24.3 Å². The van der Waals surface area contributed by atoms with Gasteiger partial charge in [-0.1, -0.05) is 24.3 Å². The van der Waals surface area contributed by atoms with E-state index in [1.165, 1.54) is 24.0 Å². The molecule has 1 aliphatic heterocycles. The van der Waals surface area contributed by atoms with Crippen LogP contribution in [0.4, 0.5) is 0 Å². The fourth-order valence-corrected chi connectivity index (χ4v) is 1.98. The van der Waals surface area contributed by atoms with Gasteiger partial charge in [-0.3, -0.25) is 0 Å². The first kappa shape index (κ1) is 13.5. The lowest BCUT2D eigenvalue weighted by Crippen LogP contribution is -2.26. The highest BCUT2D eigenvalue weighted by atomic mass is 35.5. The summed E-state index contributed by atoms with van der Waals surface area (Å²) in [5, 5.41) is 3.46. The van der Waals surface area contributed by atoms with Crippen molar-refractivity contribution in [2.45, 2.75) is 32.4 Å². The van der Waals surface area contributed by atoms with Gasteiger partial charge in [-0.25, -0.2) is 0 Å². The van der Waals surface area contributed by atoms with E-state index in [1.807, 2.05) is 0 Å². The zero-order valence-corrected chi connectivity index (χ0v) is 10.6. The summed E-state index contributed by atoms with van der Waals surface area (Å²) in [6, 6.07) is 8.51. The van der Waals surface area contributed by atoms with Crippen molar-refractivity contribution in [1.29, 1.82) is 0 Å². The molecule has 3 heteroatoms. The molecule has 1 aromatic rings. The SMILES string of the molecule is Cc1ccccc1CNCC1CCCO1.Cl. The van der Waals surface area contributed by atoms with Crippen molar-refractivity contribution >= 4 is 12.4 Å².